The Hall–Kier alpha value is -1.60. The molecule has 0 fully saturated rings. The normalized spacial score (nSPS) is 17.5. The van der Waals surface area contributed by atoms with E-state index in [0.717, 1.165) is 0 Å². The SMILES string of the molecule is CNC1CCc2ccc(-c3c(C)cccc3C)cc21. The van der Waals surface area contributed by atoms with Gasteiger partial charge in [-0.25, -0.2) is 0 Å². The third-order valence-corrected chi connectivity index (χ3v) is 4.34. The van der Waals surface area contributed by atoms with Gasteiger partial charge in [0.25, 0.3) is 0 Å². The van der Waals surface area contributed by atoms with Gasteiger partial charge < -0.3 is 5.32 Å². The molecular weight excluding hydrogens is 230 g/mol. The van der Waals surface area contributed by atoms with E-state index in [1.807, 2.05) is 0 Å². The van der Waals surface area contributed by atoms with Gasteiger partial charge in [-0.2, -0.15) is 0 Å². The lowest BCUT2D eigenvalue weighted by Crippen LogP contribution is -2.12. The highest BCUT2D eigenvalue weighted by Gasteiger charge is 2.21. The molecule has 2 aromatic rings. The van der Waals surface area contributed by atoms with Crippen molar-refractivity contribution in [1.82, 2.24) is 5.32 Å². The molecule has 98 valence electrons. The van der Waals surface area contributed by atoms with Crippen LogP contribution in [0.3, 0.4) is 0 Å². The molecular formula is C18H21N. The molecule has 0 aliphatic heterocycles. The van der Waals surface area contributed by atoms with Gasteiger partial charge in [0.1, 0.15) is 0 Å². The Morgan fingerprint density at radius 3 is 2.47 bits per heavy atom. The summed E-state index contributed by atoms with van der Waals surface area (Å²) in [6.07, 6.45) is 2.43. The van der Waals surface area contributed by atoms with Crippen molar-refractivity contribution in [2.45, 2.75) is 32.7 Å². The Labute approximate surface area is 115 Å². The van der Waals surface area contributed by atoms with Gasteiger partial charge in [0.2, 0.25) is 0 Å². The van der Waals surface area contributed by atoms with Crippen LogP contribution in [0.2, 0.25) is 0 Å². The van der Waals surface area contributed by atoms with Gasteiger partial charge in [0.15, 0.2) is 0 Å². The standard InChI is InChI=1S/C18H21N/c1-12-5-4-6-13(2)18(12)15-8-7-14-9-10-17(19-3)16(14)11-15/h4-8,11,17,19H,9-10H2,1-3H3. The van der Waals surface area contributed by atoms with Crippen molar-refractivity contribution in [2.75, 3.05) is 7.05 Å². The minimum absolute atomic E-state index is 0.527. The van der Waals surface area contributed by atoms with Crippen LogP contribution in [0.1, 0.15) is 34.7 Å². The van der Waals surface area contributed by atoms with Crippen molar-refractivity contribution in [2.24, 2.45) is 0 Å². The zero-order valence-electron chi connectivity index (χ0n) is 12.0. The molecule has 2 aromatic carbocycles. The van der Waals surface area contributed by atoms with E-state index in [-0.39, 0.29) is 0 Å². The molecule has 0 amide bonds. The fourth-order valence-electron chi connectivity index (χ4n) is 3.33. The van der Waals surface area contributed by atoms with Crippen molar-refractivity contribution in [1.29, 1.82) is 0 Å². The van der Waals surface area contributed by atoms with Crippen LogP contribution in [0, 0.1) is 13.8 Å². The molecule has 0 spiro atoms. The Morgan fingerprint density at radius 1 is 1.05 bits per heavy atom. The first-order chi connectivity index (χ1) is 9.20. The molecule has 1 unspecified atom stereocenters. The van der Waals surface area contributed by atoms with Crippen LogP contribution in [-0.4, -0.2) is 7.05 Å². The fraction of sp³-hybridized carbons (Fsp3) is 0.333. The maximum absolute atomic E-state index is 3.43. The van der Waals surface area contributed by atoms with E-state index in [0.29, 0.717) is 6.04 Å². The van der Waals surface area contributed by atoms with Gasteiger partial charge in [0.05, 0.1) is 0 Å². The molecule has 0 bridgehead atoms. The molecule has 19 heavy (non-hydrogen) atoms. The number of hydrogen-bond donors (Lipinski definition) is 1. The van der Waals surface area contributed by atoms with E-state index in [1.165, 1.54) is 46.2 Å². The highest BCUT2D eigenvalue weighted by Crippen LogP contribution is 2.35. The maximum atomic E-state index is 3.43. The van der Waals surface area contributed by atoms with Gasteiger partial charge in [-0.3, -0.25) is 0 Å². The summed E-state index contributed by atoms with van der Waals surface area (Å²) < 4.78 is 0. The van der Waals surface area contributed by atoms with E-state index in [1.54, 1.807) is 0 Å². The minimum atomic E-state index is 0.527. The van der Waals surface area contributed by atoms with Crippen LogP contribution in [0.15, 0.2) is 36.4 Å². The molecule has 0 aromatic heterocycles. The summed E-state index contributed by atoms with van der Waals surface area (Å²) >= 11 is 0. The fourth-order valence-corrected chi connectivity index (χ4v) is 3.33. The number of fused-ring (bicyclic) bond motifs is 1. The lowest BCUT2D eigenvalue weighted by atomic mass is 9.93. The van der Waals surface area contributed by atoms with Crippen LogP contribution < -0.4 is 5.32 Å². The average molecular weight is 251 g/mol. The molecule has 0 heterocycles. The quantitative estimate of drug-likeness (QED) is 0.844. The van der Waals surface area contributed by atoms with Crippen molar-refractivity contribution < 1.29 is 0 Å². The van der Waals surface area contributed by atoms with Crippen LogP contribution in [-0.2, 0) is 6.42 Å². The molecule has 0 saturated carbocycles. The monoisotopic (exact) mass is 251 g/mol. The summed E-state index contributed by atoms with van der Waals surface area (Å²) in [4.78, 5) is 0. The molecule has 1 aliphatic rings. The van der Waals surface area contributed by atoms with Gasteiger partial charge >= 0.3 is 0 Å². The molecule has 1 heteroatoms. The lowest BCUT2D eigenvalue weighted by Gasteiger charge is -2.14. The summed E-state index contributed by atoms with van der Waals surface area (Å²) in [6, 6.07) is 14.0. The largest absolute Gasteiger partial charge is 0.313 e. The zero-order chi connectivity index (χ0) is 13.4. The second kappa shape index (κ2) is 4.82. The van der Waals surface area contributed by atoms with Crippen LogP contribution in [0.5, 0.6) is 0 Å². The van der Waals surface area contributed by atoms with Gasteiger partial charge in [0, 0.05) is 6.04 Å². The third-order valence-electron chi connectivity index (χ3n) is 4.34. The molecule has 1 aliphatic carbocycles. The van der Waals surface area contributed by atoms with Crippen LogP contribution in [0.25, 0.3) is 11.1 Å². The smallest absolute Gasteiger partial charge is 0.0323 e. The molecule has 1 N–H and O–H groups in total. The van der Waals surface area contributed by atoms with Crippen molar-refractivity contribution >= 4 is 0 Å². The molecule has 1 nitrogen and oxygen atoms in total. The summed E-state index contributed by atoms with van der Waals surface area (Å²) in [6.45, 7) is 4.40. The second-order valence-corrected chi connectivity index (χ2v) is 5.56. The number of benzene rings is 2. The third kappa shape index (κ3) is 2.08. The Morgan fingerprint density at radius 2 is 1.79 bits per heavy atom. The first-order valence-corrected chi connectivity index (χ1v) is 7.07. The summed E-state index contributed by atoms with van der Waals surface area (Å²) in [5.74, 6) is 0. The van der Waals surface area contributed by atoms with Crippen LogP contribution in [0.4, 0.5) is 0 Å². The van der Waals surface area contributed by atoms with E-state index in [2.05, 4.69) is 62.6 Å². The second-order valence-electron chi connectivity index (χ2n) is 5.56. The Balaban J connectivity index is 2.13. The van der Waals surface area contributed by atoms with Crippen LogP contribution >= 0.6 is 0 Å². The lowest BCUT2D eigenvalue weighted by molar-refractivity contribution is 0.590. The van der Waals surface area contributed by atoms with E-state index >= 15 is 0 Å². The van der Waals surface area contributed by atoms with Crippen molar-refractivity contribution in [3.63, 3.8) is 0 Å². The number of hydrogen-bond acceptors (Lipinski definition) is 1. The van der Waals surface area contributed by atoms with E-state index in [9.17, 15) is 0 Å². The minimum Gasteiger partial charge on any atom is -0.313 e. The summed E-state index contributed by atoms with van der Waals surface area (Å²) in [5.41, 5.74) is 8.47. The van der Waals surface area contributed by atoms with E-state index < -0.39 is 0 Å². The van der Waals surface area contributed by atoms with Crippen molar-refractivity contribution in [3.05, 3.63) is 58.7 Å². The first kappa shape index (κ1) is 12.4. The van der Waals surface area contributed by atoms with E-state index in [4.69, 9.17) is 0 Å². The maximum Gasteiger partial charge on any atom is 0.0323 e. The number of nitrogens with one attached hydrogen (secondary N) is 1. The highest BCUT2D eigenvalue weighted by molar-refractivity contribution is 5.72. The molecule has 1 atom stereocenters. The van der Waals surface area contributed by atoms with Crippen molar-refractivity contribution in [3.8, 4) is 11.1 Å². The topological polar surface area (TPSA) is 12.0 Å². The highest BCUT2D eigenvalue weighted by atomic mass is 14.9. The first-order valence-electron chi connectivity index (χ1n) is 7.07. The molecule has 0 saturated heterocycles. The van der Waals surface area contributed by atoms with Gasteiger partial charge in [-0.1, -0.05) is 30.3 Å². The predicted octanol–water partition coefficient (Wildman–Crippen LogP) is 4.18. The molecule has 0 radical (unpaired) electrons. The van der Waals surface area contributed by atoms with Gasteiger partial charge in [-0.05, 0) is 73.2 Å². The summed E-state index contributed by atoms with van der Waals surface area (Å²) in [7, 11) is 2.06. The Kier molecular flexibility index (Phi) is 3.16. The number of rotatable bonds is 2. The average Bonchev–Trinajstić information content (AvgIpc) is 2.81. The summed E-state index contributed by atoms with van der Waals surface area (Å²) in [5, 5.41) is 3.43. The Bertz CT molecular complexity index is 593. The number of aryl methyl sites for hydroxylation is 3. The predicted molar refractivity (Wildman–Crippen MR) is 81.5 cm³/mol. The molecule has 3 rings (SSSR count). The zero-order valence-corrected chi connectivity index (χ0v) is 12.0. The van der Waals surface area contributed by atoms with Gasteiger partial charge in [-0.15, -0.1) is 0 Å².